The molecule has 10 heteroatoms. The van der Waals surface area contributed by atoms with Crippen LogP contribution >= 0.6 is 11.3 Å². The summed E-state index contributed by atoms with van der Waals surface area (Å²) in [5.74, 6) is -0.187. The molecule has 24 heavy (non-hydrogen) atoms. The van der Waals surface area contributed by atoms with Crippen LogP contribution in [0.25, 0.3) is 0 Å². The normalized spacial score (nSPS) is 12.9. The lowest BCUT2D eigenvalue weighted by molar-refractivity contribution is -0.141. The molecule has 6 nitrogen and oxygen atoms in total. The second-order valence-corrected chi connectivity index (χ2v) is 5.96. The number of carbonyl (C=O) groups excluding carboxylic acids is 1. The maximum Gasteiger partial charge on any atom is 0.433 e. The smallest absolute Gasteiger partial charge is 0.306 e. The van der Waals surface area contributed by atoms with Gasteiger partial charge in [0.2, 0.25) is 5.91 Å². The first-order chi connectivity index (χ1) is 11.3. The average Bonchev–Trinajstić information content (AvgIpc) is 2.98. The van der Waals surface area contributed by atoms with Gasteiger partial charge < -0.3 is 10.6 Å². The van der Waals surface area contributed by atoms with Crippen molar-refractivity contribution < 1.29 is 18.0 Å². The van der Waals surface area contributed by atoms with Gasteiger partial charge in [-0.1, -0.05) is 0 Å². The average molecular weight is 359 g/mol. The van der Waals surface area contributed by atoms with Gasteiger partial charge in [-0.25, -0.2) is 15.0 Å². The van der Waals surface area contributed by atoms with Gasteiger partial charge >= 0.3 is 6.18 Å². The largest absolute Gasteiger partial charge is 0.433 e. The molecular weight excluding hydrogens is 343 g/mol. The van der Waals surface area contributed by atoms with E-state index in [1.54, 1.807) is 18.5 Å². The zero-order valence-electron chi connectivity index (χ0n) is 13.0. The highest BCUT2D eigenvalue weighted by molar-refractivity contribution is 7.13. The summed E-state index contributed by atoms with van der Waals surface area (Å²) in [6.07, 6.45) is -2.75. The lowest BCUT2D eigenvalue weighted by Gasteiger charge is -2.13. The van der Waals surface area contributed by atoms with E-state index in [1.165, 1.54) is 18.3 Å². The standard InChI is InChI=1S/C14H16F3N5OS/c1-8-7-10(14(15,16)17)21-11(20-8)3-4-18-9(2)12(23)22-13-19-5-6-24-13/h5-7,9,18H,3-4H2,1-2H3,(H,19,22,23)/t9-/m1/s1. The molecule has 2 heterocycles. The maximum absolute atomic E-state index is 12.7. The summed E-state index contributed by atoms with van der Waals surface area (Å²) in [5, 5.41) is 7.79. The minimum absolute atomic E-state index is 0.0855. The molecule has 0 saturated carbocycles. The Morgan fingerprint density at radius 2 is 2.12 bits per heavy atom. The van der Waals surface area contributed by atoms with Crippen LogP contribution in [0.5, 0.6) is 0 Å². The number of rotatable bonds is 6. The molecule has 2 N–H and O–H groups in total. The van der Waals surface area contributed by atoms with E-state index in [2.05, 4.69) is 25.6 Å². The third-order valence-electron chi connectivity index (χ3n) is 3.05. The van der Waals surface area contributed by atoms with Crippen molar-refractivity contribution in [3.05, 3.63) is 34.9 Å². The molecule has 0 aliphatic heterocycles. The zero-order valence-corrected chi connectivity index (χ0v) is 13.8. The molecule has 0 aromatic carbocycles. The van der Waals surface area contributed by atoms with Crippen LogP contribution in [0.2, 0.25) is 0 Å². The van der Waals surface area contributed by atoms with E-state index in [4.69, 9.17) is 0 Å². The number of nitrogens with one attached hydrogen (secondary N) is 2. The van der Waals surface area contributed by atoms with Crippen LogP contribution in [0, 0.1) is 6.92 Å². The second kappa shape index (κ2) is 7.67. The van der Waals surface area contributed by atoms with Crippen molar-refractivity contribution in [2.75, 3.05) is 11.9 Å². The van der Waals surface area contributed by atoms with E-state index < -0.39 is 17.9 Å². The molecule has 0 unspecified atom stereocenters. The Kier molecular flexibility index (Phi) is 5.84. The van der Waals surface area contributed by atoms with Crippen molar-refractivity contribution in [1.82, 2.24) is 20.3 Å². The van der Waals surface area contributed by atoms with E-state index in [1.807, 2.05) is 0 Å². The maximum atomic E-state index is 12.7. The lowest BCUT2D eigenvalue weighted by Crippen LogP contribution is -2.39. The van der Waals surface area contributed by atoms with Gasteiger partial charge in [0.25, 0.3) is 0 Å². The zero-order chi connectivity index (χ0) is 17.7. The first-order valence-corrected chi connectivity index (χ1v) is 7.99. The summed E-state index contributed by atoms with van der Waals surface area (Å²) in [7, 11) is 0. The molecular formula is C14H16F3N5OS. The minimum Gasteiger partial charge on any atom is -0.306 e. The van der Waals surface area contributed by atoms with Gasteiger partial charge in [-0.15, -0.1) is 11.3 Å². The number of hydrogen-bond donors (Lipinski definition) is 2. The molecule has 0 radical (unpaired) electrons. The topological polar surface area (TPSA) is 79.8 Å². The molecule has 2 aromatic heterocycles. The predicted octanol–water partition coefficient (Wildman–Crippen LogP) is 2.42. The van der Waals surface area contributed by atoms with Crippen molar-refractivity contribution in [2.24, 2.45) is 0 Å². The number of aryl methyl sites for hydroxylation is 1. The molecule has 2 aromatic rings. The Hall–Kier alpha value is -2.07. The number of halogens is 3. The fourth-order valence-corrected chi connectivity index (χ4v) is 2.41. The van der Waals surface area contributed by atoms with E-state index in [-0.39, 0.29) is 30.4 Å². The van der Waals surface area contributed by atoms with Crippen LogP contribution in [0.4, 0.5) is 18.3 Å². The number of anilines is 1. The highest BCUT2D eigenvalue weighted by atomic mass is 32.1. The van der Waals surface area contributed by atoms with Crippen molar-refractivity contribution in [1.29, 1.82) is 0 Å². The number of hydrogen-bond acceptors (Lipinski definition) is 6. The van der Waals surface area contributed by atoms with Crippen molar-refractivity contribution in [3.8, 4) is 0 Å². The Bertz CT molecular complexity index is 690. The fraction of sp³-hybridized carbons (Fsp3) is 0.429. The number of carbonyl (C=O) groups is 1. The Morgan fingerprint density at radius 1 is 1.38 bits per heavy atom. The number of amides is 1. The number of alkyl halides is 3. The third-order valence-corrected chi connectivity index (χ3v) is 3.73. The molecule has 0 fully saturated rings. The van der Waals surface area contributed by atoms with E-state index in [0.717, 1.165) is 6.07 Å². The third kappa shape index (κ3) is 5.24. The van der Waals surface area contributed by atoms with Crippen LogP contribution in [0.1, 0.15) is 24.1 Å². The highest BCUT2D eigenvalue weighted by Gasteiger charge is 2.33. The summed E-state index contributed by atoms with van der Waals surface area (Å²) >= 11 is 1.30. The molecule has 1 amide bonds. The molecule has 0 aliphatic rings. The second-order valence-electron chi connectivity index (χ2n) is 5.06. The Balaban J connectivity index is 1.87. The van der Waals surface area contributed by atoms with Crippen molar-refractivity contribution in [2.45, 2.75) is 32.5 Å². The fourth-order valence-electron chi connectivity index (χ4n) is 1.88. The van der Waals surface area contributed by atoms with Gasteiger partial charge in [0, 0.05) is 30.2 Å². The molecule has 0 spiro atoms. The number of thiazole rings is 1. The summed E-state index contributed by atoms with van der Waals surface area (Å²) in [5.41, 5.74) is -0.707. The Labute approximate surface area is 140 Å². The first-order valence-electron chi connectivity index (χ1n) is 7.11. The van der Waals surface area contributed by atoms with E-state index in [0.29, 0.717) is 5.13 Å². The van der Waals surface area contributed by atoms with E-state index in [9.17, 15) is 18.0 Å². The summed E-state index contributed by atoms with van der Waals surface area (Å²) in [6.45, 7) is 3.41. The van der Waals surface area contributed by atoms with Crippen LogP contribution in [-0.2, 0) is 17.4 Å². The van der Waals surface area contributed by atoms with E-state index >= 15 is 0 Å². The highest BCUT2D eigenvalue weighted by Crippen LogP contribution is 2.27. The van der Waals surface area contributed by atoms with Gasteiger partial charge in [-0.3, -0.25) is 4.79 Å². The van der Waals surface area contributed by atoms with Gasteiger partial charge in [0.15, 0.2) is 5.13 Å². The number of aromatic nitrogens is 3. The van der Waals surface area contributed by atoms with Gasteiger partial charge in [0.1, 0.15) is 11.5 Å². The van der Waals surface area contributed by atoms with Crippen LogP contribution < -0.4 is 10.6 Å². The molecule has 130 valence electrons. The van der Waals surface area contributed by atoms with Crippen LogP contribution in [0.15, 0.2) is 17.6 Å². The molecule has 0 saturated heterocycles. The predicted molar refractivity (Wildman–Crippen MR) is 83.7 cm³/mol. The molecule has 2 rings (SSSR count). The summed E-state index contributed by atoms with van der Waals surface area (Å²) in [4.78, 5) is 23.4. The lowest BCUT2D eigenvalue weighted by atomic mass is 10.2. The summed E-state index contributed by atoms with van der Waals surface area (Å²) in [6, 6.07) is 0.377. The molecule has 0 bridgehead atoms. The quantitative estimate of drug-likeness (QED) is 0.828. The van der Waals surface area contributed by atoms with Crippen molar-refractivity contribution in [3.63, 3.8) is 0 Å². The number of nitrogens with zero attached hydrogens (tertiary/aromatic N) is 3. The van der Waals surface area contributed by atoms with Crippen LogP contribution in [-0.4, -0.2) is 33.4 Å². The first kappa shape index (κ1) is 18.3. The van der Waals surface area contributed by atoms with Crippen LogP contribution in [0.3, 0.4) is 0 Å². The SMILES string of the molecule is Cc1cc(C(F)(F)F)nc(CCN[C@H](C)C(=O)Nc2nccs2)n1. The van der Waals surface area contributed by atoms with Crippen molar-refractivity contribution >= 4 is 22.4 Å². The van der Waals surface area contributed by atoms with Gasteiger partial charge in [-0.2, -0.15) is 13.2 Å². The molecule has 0 aliphatic carbocycles. The minimum atomic E-state index is -4.50. The van der Waals surface area contributed by atoms with Gasteiger partial charge in [0.05, 0.1) is 6.04 Å². The monoisotopic (exact) mass is 359 g/mol. The summed E-state index contributed by atoms with van der Waals surface area (Å²) < 4.78 is 38.2. The van der Waals surface area contributed by atoms with Gasteiger partial charge in [-0.05, 0) is 19.9 Å². The Morgan fingerprint density at radius 3 is 2.75 bits per heavy atom. The molecule has 1 atom stereocenters.